The summed E-state index contributed by atoms with van der Waals surface area (Å²) in [5, 5.41) is 1.77. The molecule has 1 aromatic heterocycles. The molecule has 0 aliphatic carbocycles. The van der Waals surface area contributed by atoms with Crippen molar-refractivity contribution < 1.29 is 4.79 Å². The summed E-state index contributed by atoms with van der Waals surface area (Å²) in [4.78, 5) is 22.4. The van der Waals surface area contributed by atoms with Crippen molar-refractivity contribution in [3.63, 3.8) is 0 Å². The molecule has 0 spiro atoms. The van der Waals surface area contributed by atoms with E-state index >= 15 is 0 Å². The molecule has 0 bridgehead atoms. The van der Waals surface area contributed by atoms with Gasteiger partial charge in [0.05, 0.1) is 6.54 Å². The Kier molecular flexibility index (Phi) is 3.01. The third-order valence-corrected chi connectivity index (χ3v) is 3.15. The smallest absolute Gasteiger partial charge is 0.260 e. The number of carbonyl (C=O) groups excluding carboxylic acids is 1. The first-order valence-electron chi connectivity index (χ1n) is 4.91. The Hall–Kier alpha value is -1.68. The fraction of sp³-hybridized carbons (Fsp3) is 0.167. The zero-order valence-corrected chi connectivity index (χ0v) is 9.66. The molecule has 0 radical (unpaired) electrons. The zero-order chi connectivity index (χ0) is 11.5. The van der Waals surface area contributed by atoms with E-state index in [1.54, 1.807) is 34.5 Å². The predicted molar refractivity (Wildman–Crippen MR) is 64.1 cm³/mol. The molecule has 0 fully saturated rings. The van der Waals surface area contributed by atoms with Crippen LogP contribution in [-0.4, -0.2) is 9.74 Å². The standard InChI is InChI=1S/C12H11NO2S/c1-9(14)11-4-2-10(3-5-11)8-13-12(15)6-7-16-13/h2-7H,8H2,1H3. The van der Waals surface area contributed by atoms with Crippen LogP contribution in [-0.2, 0) is 6.54 Å². The highest BCUT2D eigenvalue weighted by atomic mass is 32.1. The Morgan fingerprint density at radius 3 is 2.44 bits per heavy atom. The molecular formula is C12H11NO2S. The quantitative estimate of drug-likeness (QED) is 0.762. The molecule has 0 saturated carbocycles. The van der Waals surface area contributed by atoms with Gasteiger partial charge in [-0.25, -0.2) is 0 Å². The van der Waals surface area contributed by atoms with Crippen molar-refractivity contribution >= 4 is 17.3 Å². The van der Waals surface area contributed by atoms with E-state index in [0.717, 1.165) is 5.56 Å². The maximum absolute atomic E-state index is 11.3. The number of ketones is 1. The van der Waals surface area contributed by atoms with Crippen molar-refractivity contribution in [3.8, 4) is 0 Å². The molecule has 16 heavy (non-hydrogen) atoms. The lowest BCUT2D eigenvalue weighted by atomic mass is 10.1. The second-order valence-corrected chi connectivity index (χ2v) is 4.46. The van der Waals surface area contributed by atoms with Gasteiger partial charge < -0.3 is 0 Å². The van der Waals surface area contributed by atoms with Gasteiger partial charge in [-0.15, -0.1) is 0 Å². The van der Waals surface area contributed by atoms with Crippen molar-refractivity contribution in [2.45, 2.75) is 13.5 Å². The Bertz CT molecular complexity index is 551. The highest BCUT2D eigenvalue weighted by Crippen LogP contribution is 2.07. The lowest BCUT2D eigenvalue weighted by Crippen LogP contribution is -2.12. The predicted octanol–water partition coefficient (Wildman–Crippen LogP) is 2.16. The van der Waals surface area contributed by atoms with Gasteiger partial charge in [0.25, 0.3) is 5.56 Å². The molecule has 2 aromatic rings. The first kappa shape index (κ1) is 10.8. The van der Waals surface area contributed by atoms with Gasteiger partial charge in [-0.2, -0.15) is 0 Å². The van der Waals surface area contributed by atoms with E-state index < -0.39 is 0 Å². The fourth-order valence-corrected chi connectivity index (χ4v) is 2.14. The molecule has 0 aliphatic heterocycles. The van der Waals surface area contributed by atoms with E-state index in [4.69, 9.17) is 0 Å². The van der Waals surface area contributed by atoms with Crippen LogP contribution in [0.3, 0.4) is 0 Å². The highest BCUT2D eigenvalue weighted by molar-refractivity contribution is 7.04. The number of carbonyl (C=O) groups is 1. The first-order chi connectivity index (χ1) is 7.66. The second-order valence-electron chi connectivity index (χ2n) is 3.54. The maximum Gasteiger partial charge on any atom is 0.260 e. The van der Waals surface area contributed by atoms with Crippen LogP contribution in [0.5, 0.6) is 0 Å². The van der Waals surface area contributed by atoms with Gasteiger partial charge in [0.15, 0.2) is 5.78 Å². The van der Waals surface area contributed by atoms with E-state index in [9.17, 15) is 9.59 Å². The van der Waals surface area contributed by atoms with E-state index in [0.29, 0.717) is 12.1 Å². The lowest BCUT2D eigenvalue weighted by Gasteiger charge is -2.02. The van der Waals surface area contributed by atoms with E-state index in [1.807, 2.05) is 12.1 Å². The number of Topliss-reactive ketones (excluding diaryl/α,β-unsaturated/α-hetero) is 1. The molecule has 0 amide bonds. The molecule has 0 aliphatic rings. The molecule has 2 rings (SSSR count). The third kappa shape index (κ3) is 2.28. The monoisotopic (exact) mass is 233 g/mol. The Morgan fingerprint density at radius 1 is 1.25 bits per heavy atom. The number of nitrogens with zero attached hydrogens (tertiary/aromatic N) is 1. The van der Waals surface area contributed by atoms with Crippen molar-refractivity contribution in [2.75, 3.05) is 0 Å². The Balaban J connectivity index is 2.20. The largest absolute Gasteiger partial charge is 0.295 e. The van der Waals surface area contributed by atoms with Crippen molar-refractivity contribution in [1.82, 2.24) is 3.96 Å². The Morgan fingerprint density at radius 2 is 1.94 bits per heavy atom. The van der Waals surface area contributed by atoms with Crippen LogP contribution in [0.2, 0.25) is 0 Å². The lowest BCUT2D eigenvalue weighted by molar-refractivity contribution is 0.101. The van der Waals surface area contributed by atoms with Crippen LogP contribution < -0.4 is 5.56 Å². The summed E-state index contributed by atoms with van der Waals surface area (Å²) in [5.74, 6) is 0.0554. The number of aromatic nitrogens is 1. The van der Waals surface area contributed by atoms with Crippen LogP contribution in [0, 0.1) is 0 Å². The molecular weight excluding hydrogens is 222 g/mol. The summed E-state index contributed by atoms with van der Waals surface area (Å²) < 4.78 is 1.67. The van der Waals surface area contributed by atoms with Gasteiger partial charge in [0.1, 0.15) is 0 Å². The third-order valence-electron chi connectivity index (χ3n) is 2.33. The van der Waals surface area contributed by atoms with Gasteiger partial charge >= 0.3 is 0 Å². The number of benzene rings is 1. The van der Waals surface area contributed by atoms with E-state index in [-0.39, 0.29) is 11.3 Å². The molecule has 82 valence electrons. The van der Waals surface area contributed by atoms with Gasteiger partial charge in [-0.3, -0.25) is 13.5 Å². The summed E-state index contributed by atoms with van der Waals surface area (Å²) in [6, 6.07) is 8.88. The van der Waals surface area contributed by atoms with Crippen molar-refractivity contribution in [3.05, 3.63) is 57.2 Å². The number of hydrogen-bond acceptors (Lipinski definition) is 3. The minimum Gasteiger partial charge on any atom is -0.295 e. The summed E-state index contributed by atoms with van der Waals surface area (Å²) in [5.41, 5.74) is 1.73. The molecule has 0 N–H and O–H groups in total. The number of rotatable bonds is 3. The van der Waals surface area contributed by atoms with Gasteiger partial charge in [-0.05, 0) is 12.5 Å². The van der Waals surface area contributed by atoms with Gasteiger partial charge in [0, 0.05) is 17.0 Å². The molecule has 0 saturated heterocycles. The van der Waals surface area contributed by atoms with Gasteiger partial charge in [0.2, 0.25) is 0 Å². The average molecular weight is 233 g/mol. The van der Waals surface area contributed by atoms with Crippen molar-refractivity contribution in [1.29, 1.82) is 0 Å². The topological polar surface area (TPSA) is 39.1 Å². The minimum absolute atomic E-state index is 0.0145. The molecule has 3 nitrogen and oxygen atoms in total. The summed E-state index contributed by atoms with van der Waals surface area (Å²) in [6.07, 6.45) is 0. The van der Waals surface area contributed by atoms with Crippen LogP contribution in [0.4, 0.5) is 0 Å². The van der Waals surface area contributed by atoms with Crippen LogP contribution >= 0.6 is 11.5 Å². The zero-order valence-electron chi connectivity index (χ0n) is 8.84. The Labute approximate surface area is 97.1 Å². The summed E-state index contributed by atoms with van der Waals surface area (Å²) in [6.45, 7) is 2.10. The average Bonchev–Trinajstić information content (AvgIpc) is 2.65. The summed E-state index contributed by atoms with van der Waals surface area (Å²) in [7, 11) is 0. The van der Waals surface area contributed by atoms with Crippen molar-refractivity contribution in [2.24, 2.45) is 0 Å². The fourth-order valence-electron chi connectivity index (χ4n) is 1.42. The summed E-state index contributed by atoms with van der Waals surface area (Å²) >= 11 is 1.39. The molecule has 1 aromatic carbocycles. The van der Waals surface area contributed by atoms with Crippen LogP contribution in [0.15, 0.2) is 40.5 Å². The first-order valence-corrected chi connectivity index (χ1v) is 5.75. The SMILES string of the molecule is CC(=O)c1ccc(Cn2sccc2=O)cc1. The minimum atomic E-state index is 0.0145. The number of hydrogen-bond donors (Lipinski definition) is 0. The highest BCUT2D eigenvalue weighted by Gasteiger charge is 2.01. The second kappa shape index (κ2) is 4.45. The maximum atomic E-state index is 11.3. The molecule has 0 atom stereocenters. The van der Waals surface area contributed by atoms with Gasteiger partial charge in [-0.1, -0.05) is 35.8 Å². The van der Waals surface area contributed by atoms with Crippen LogP contribution in [0.25, 0.3) is 0 Å². The van der Waals surface area contributed by atoms with E-state index in [1.165, 1.54) is 11.5 Å². The molecule has 0 unspecified atom stereocenters. The van der Waals surface area contributed by atoms with E-state index in [2.05, 4.69) is 0 Å². The molecule has 1 heterocycles. The normalized spacial score (nSPS) is 10.3. The van der Waals surface area contributed by atoms with Crippen LogP contribution in [0.1, 0.15) is 22.8 Å². The molecule has 4 heteroatoms.